The molecule has 1 heterocycles. The highest BCUT2D eigenvalue weighted by atomic mass is 16.7. The number of carbonyl (C=O) groups excluding carboxylic acids is 2. The van der Waals surface area contributed by atoms with Crippen molar-refractivity contribution in [2.24, 2.45) is 11.5 Å². The van der Waals surface area contributed by atoms with Crippen molar-refractivity contribution in [1.82, 2.24) is 4.90 Å². The second-order valence-electron chi connectivity index (χ2n) is 5.59. The maximum atomic E-state index is 12.6. The fraction of sp³-hybridized carbons (Fsp3) is 0.500. The molecule has 126 valence electrons. The van der Waals surface area contributed by atoms with Crippen molar-refractivity contribution in [3.8, 4) is 11.5 Å². The molecule has 0 bridgehead atoms. The van der Waals surface area contributed by atoms with E-state index >= 15 is 0 Å². The molecule has 7 heteroatoms. The smallest absolute Gasteiger partial charge is 0.239 e. The number of amides is 1. The Morgan fingerprint density at radius 2 is 2.00 bits per heavy atom. The van der Waals surface area contributed by atoms with Gasteiger partial charge in [0.25, 0.3) is 0 Å². The van der Waals surface area contributed by atoms with E-state index in [9.17, 15) is 9.59 Å². The molecule has 4 N–H and O–H groups in total. The van der Waals surface area contributed by atoms with Crippen molar-refractivity contribution in [2.45, 2.75) is 31.8 Å². The molecule has 1 unspecified atom stereocenters. The van der Waals surface area contributed by atoms with E-state index in [0.29, 0.717) is 36.4 Å². The van der Waals surface area contributed by atoms with Gasteiger partial charge in [0.2, 0.25) is 12.7 Å². The zero-order chi connectivity index (χ0) is 17.0. The summed E-state index contributed by atoms with van der Waals surface area (Å²) in [6.45, 7) is 2.31. The van der Waals surface area contributed by atoms with E-state index in [1.54, 1.807) is 32.2 Å². The van der Waals surface area contributed by atoms with Gasteiger partial charge in [-0.25, -0.2) is 0 Å². The molecule has 23 heavy (non-hydrogen) atoms. The van der Waals surface area contributed by atoms with Crippen LogP contribution in [0.4, 0.5) is 0 Å². The van der Waals surface area contributed by atoms with Crippen LogP contribution in [-0.2, 0) is 4.79 Å². The van der Waals surface area contributed by atoms with Crippen LogP contribution in [0.3, 0.4) is 0 Å². The maximum absolute atomic E-state index is 12.6. The molecule has 0 saturated heterocycles. The molecule has 0 fully saturated rings. The quantitative estimate of drug-likeness (QED) is 0.709. The molecule has 1 aliphatic rings. The predicted octanol–water partition coefficient (Wildman–Crippen LogP) is 0.511. The van der Waals surface area contributed by atoms with Gasteiger partial charge >= 0.3 is 0 Å². The van der Waals surface area contributed by atoms with Crippen molar-refractivity contribution < 1.29 is 19.1 Å². The number of ketones is 1. The Hall–Kier alpha value is -2.12. The van der Waals surface area contributed by atoms with Crippen molar-refractivity contribution in [1.29, 1.82) is 0 Å². The Bertz CT molecular complexity index is 591. The molecule has 0 aromatic heterocycles. The Balaban J connectivity index is 2.05. The van der Waals surface area contributed by atoms with Gasteiger partial charge in [0, 0.05) is 12.6 Å². The fourth-order valence-corrected chi connectivity index (χ4v) is 2.38. The van der Waals surface area contributed by atoms with Gasteiger partial charge in [-0.05, 0) is 44.5 Å². The van der Waals surface area contributed by atoms with Crippen LogP contribution in [0, 0.1) is 0 Å². The first-order valence-corrected chi connectivity index (χ1v) is 7.62. The molecule has 1 aromatic carbocycles. The molecule has 7 nitrogen and oxygen atoms in total. The zero-order valence-electron chi connectivity index (χ0n) is 13.5. The minimum absolute atomic E-state index is 0.150. The molecule has 0 saturated carbocycles. The fourth-order valence-electron chi connectivity index (χ4n) is 2.38. The van der Waals surface area contributed by atoms with Crippen molar-refractivity contribution in [3.63, 3.8) is 0 Å². The molecule has 1 aromatic rings. The number of likely N-dealkylation sites (N-methyl/N-ethyl adjacent to an activating group) is 1. The summed E-state index contributed by atoms with van der Waals surface area (Å²) >= 11 is 0. The van der Waals surface area contributed by atoms with Gasteiger partial charge < -0.3 is 25.8 Å². The largest absolute Gasteiger partial charge is 0.454 e. The number of Topliss-reactive ketones (excluding diaryl/α,β-unsaturated/α-hetero) is 1. The second kappa shape index (κ2) is 7.43. The van der Waals surface area contributed by atoms with E-state index in [1.807, 2.05) is 0 Å². The van der Waals surface area contributed by atoms with Gasteiger partial charge in [0.15, 0.2) is 17.3 Å². The average molecular weight is 321 g/mol. The Labute approximate surface area is 135 Å². The monoisotopic (exact) mass is 321 g/mol. The van der Waals surface area contributed by atoms with Crippen LogP contribution in [0.5, 0.6) is 11.5 Å². The number of ether oxygens (including phenoxy) is 2. The maximum Gasteiger partial charge on any atom is 0.239 e. The molecule has 1 amide bonds. The van der Waals surface area contributed by atoms with E-state index in [0.717, 1.165) is 0 Å². The number of rotatable bonds is 7. The molecule has 0 radical (unpaired) electrons. The van der Waals surface area contributed by atoms with E-state index in [4.69, 9.17) is 20.9 Å². The minimum Gasteiger partial charge on any atom is -0.454 e. The Morgan fingerprint density at radius 1 is 1.30 bits per heavy atom. The first-order chi connectivity index (χ1) is 11.0. The van der Waals surface area contributed by atoms with E-state index in [2.05, 4.69) is 0 Å². The number of fused-ring (bicyclic) bond motifs is 1. The standard InChI is InChI=1S/C16H23N3O4/c1-10(19(2)16(21)12(18)4-3-7-17)15(20)11-5-6-13-14(8-11)23-9-22-13/h5-6,8,10,12H,3-4,7,9,17-18H2,1-2H3/t10?,12-/m0/s1. The number of hydrogen-bond donors (Lipinski definition) is 2. The topological polar surface area (TPSA) is 108 Å². The van der Waals surface area contributed by atoms with E-state index < -0.39 is 12.1 Å². The lowest BCUT2D eigenvalue weighted by atomic mass is 10.0. The lowest BCUT2D eigenvalue weighted by Crippen LogP contribution is -2.48. The lowest BCUT2D eigenvalue weighted by Gasteiger charge is -2.26. The predicted molar refractivity (Wildman–Crippen MR) is 85.4 cm³/mol. The van der Waals surface area contributed by atoms with Crippen molar-refractivity contribution in [3.05, 3.63) is 23.8 Å². The highest BCUT2D eigenvalue weighted by Gasteiger charge is 2.27. The first kappa shape index (κ1) is 17.2. The van der Waals surface area contributed by atoms with Crippen molar-refractivity contribution >= 4 is 11.7 Å². The summed E-state index contributed by atoms with van der Waals surface area (Å²) < 4.78 is 10.5. The third kappa shape index (κ3) is 3.80. The molecular formula is C16H23N3O4. The number of carbonyl (C=O) groups is 2. The van der Waals surface area contributed by atoms with Crippen LogP contribution in [0.15, 0.2) is 18.2 Å². The van der Waals surface area contributed by atoms with Gasteiger partial charge in [-0.3, -0.25) is 9.59 Å². The van der Waals surface area contributed by atoms with Gasteiger partial charge in [0.05, 0.1) is 12.1 Å². The highest BCUT2D eigenvalue weighted by molar-refractivity contribution is 6.02. The molecular weight excluding hydrogens is 298 g/mol. The number of nitrogens with zero attached hydrogens (tertiary/aromatic N) is 1. The number of nitrogens with two attached hydrogens (primary N) is 2. The van der Waals surface area contributed by atoms with E-state index in [-0.39, 0.29) is 18.5 Å². The molecule has 2 atom stereocenters. The van der Waals surface area contributed by atoms with Crippen LogP contribution in [0.25, 0.3) is 0 Å². The summed E-state index contributed by atoms with van der Waals surface area (Å²) in [4.78, 5) is 26.2. The Kier molecular flexibility index (Phi) is 5.57. The van der Waals surface area contributed by atoms with Crippen LogP contribution < -0.4 is 20.9 Å². The molecule has 1 aliphatic heterocycles. The third-order valence-corrected chi connectivity index (χ3v) is 4.00. The Morgan fingerprint density at radius 3 is 2.70 bits per heavy atom. The van der Waals surface area contributed by atoms with Gasteiger partial charge in [-0.15, -0.1) is 0 Å². The average Bonchev–Trinajstić information content (AvgIpc) is 3.04. The zero-order valence-corrected chi connectivity index (χ0v) is 13.5. The molecule has 0 aliphatic carbocycles. The number of benzene rings is 1. The van der Waals surface area contributed by atoms with Crippen molar-refractivity contribution in [2.75, 3.05) is 20.4 Å². The molecule has 0 spiro atoms. The van der Waals surface area contributed by atoms with Crippen LogP contribution in [0.1, 0.15) is 30.1 Å². The van der Waals surface area contributed by atoms with Crippen LogP contribution in [0.2, 0.25) is 0 Å². The lowest BCUT2D eigenvalue weighted by molar-refractivity contribution is -0.132. The molecule has 2 rings (SSSR count). The number of hydrogen-bond acceptors (Lipinski definition) is 6. The minimum atomic E-state index is -0.643. The summed E-state index contributed by atoms with van der Waals surface area (Å²) in [5, 5.41) is 0. The first-order valence-electron chi connectivity index (χ1n) is 7.62. The summed E-state index contributed by atoms with van der Waals surface area (Å²) in [6, 6.07) is 3.73. The van der Waals surface area contributed by atoms with Gasteiger partial charge in [-0.1, -0.05) is 0 Å². The summed E-state index contributed by atoms with van der Waals surface area (Å²) in [6.07, 6.45) is 1.18. The summed E-state index contributed by atoms with van der Waals surface area (Å²) in [7, 11) is 1.58. The van der Waals surface area contributed by atoms with Crippen LogP contribution >= 0.6 is 0 Å². The van der Waals surface area contributed by atoms with Gasteiger partial charge in [-0.2, -0.15) is 0 Å². The summed E-state index contributed by atoms with van der Waals surface area (Å²) in [5.41, 5.74) is 11.8. The summed E-state index contributed by atoms with van der Waals surface area (Å²) in [5.74, 6) is 0.712. The SMILES string of the molecule is CC(C(=O)c1ccc2c(c1)OCO2)N(C)C(=O)[C@@H](N)CCCN. The second-order valence-corrected chi connectivity index (χ2v) is 5.59. The third-order valence-electron chi connectivity index (χ3n) is 4.00. The van der Waals surface area contributed by atoms with Gasteiger partial charge in [0.1, 0.15) is 0 Å². The van der Waals surface area contributed by atoms with Crippen LogP contribution in [-0.4, -0.2) is 49.1 Å². The van der Waals surface area contributed by atoms with E-state index in [1.165, 1.54) is 4.90 Å². The normalized spacial score (nSPS) is 15.1. The highest BCUT2D eigenvalue weighted by Crippen LogP contribution is 2.32.